The molecule has 0 bridgehead atoms. The van der Waals surface area contributed by atoms with E-state index in [1.807, 2.05) is 4.90 Å². The number of nitrogens with one attached hydrogen (secondary N) is 1. The van der Waals surface area contributed by atoms with Gasteiger partial charge in [-0.15, -0.1) is 0 Å². The van der Waals surface area contributed by atoms with Gasteiger partial charge in [0.1, 0.15) is 0 Å². The molecule has 0 saturated carbocycles. The summed E-state index contributed by atoms with van der Waals surface area (Å²) >= 11 is 0. The van der Waals surface area contributed by atoms with Crippen molar-refractivity contribution in [2.75, 3.05) is 20.1 Å². The number of aliphatic hydroxyl groups is 1. The number of carbonyl (C=O) groups is 1. The van der Waals surface area contributed by atoms with E-state index in [2.05, 4.69) is 5.32 Å². The van der Waals surface area contributed by atoms with Crippen LogP contribution in [0.3, 0.4) is 0 Å². The summed E-state index contributed by atoms with van der Waals surface area (Å²) in [6, 6.07) is 6.98. The second kappa shape index (κ2) is 6.88. The molecule has 1 heterocycles. The summed E-state index contributed by atoms with van der Waals surface area (Å²) in [6.45, 7) is 1.20. The Morgan fingerprint density at radius 1 is 1.26 bits per heavy atom. The van der Waals surface area contributed by atoms with Gasteiger partial charge in [0, 0.05) is 25.7 Å². The van der Waals surface area contributed by atoms with Gasteiger partial charge in [-0.2, -0.15) is 13.2 Å². The molecule has 1 aliphatic rings. The van der Waals surface area contributed by atoms with E-state index in [4.69, 9.17) is 0 Å². The number of alkyl halides is 3. The number of carbonyl (C=O) groups excluding carboxylic acids is 1. The van der Waals surface area contributed by atoms with E-state index in [0.29, 0.717) is 25.1 Å². The van der Waals surface area contributed by atoms with Crippen LogP contribution in [-0.2, 0) is 6.54 Å². The Morgan fingerprint density at radius 3 is 2.48 bits per heavy atom. The van der Waals surface area contributed by atoms with E-state index < -0.39 is 11.8 Å². The van der Waals surface area contributed by atoms with Crippen molar-refractivity contribution in [3.05, 3.63) is 35.4 Å². The van der Waals surface area contributed by atoms with Crippen LogP contribution in [0.15, 0.2) is 24.3 Å². The largest absolute Gasteiger partial charge is 0.417 e. The zero-order chi connectivity index (χ0) is 17.1. The van der Waals surface area contributed by atoms with Crippen LogP contribution in [0.5, 0.6) is 0 Å². The fraction of sp³-hybridized carbons (Fsp3) is 0.562. The van der Waals surface area contributed by atoms with Gasteiger partial charge in [-0.3, -0.25) is 9.69 Å². The molecule has 1 amide bonds. The van der Waals surface area contributed by atoms with Crippen molar-refractivity contribution in [2.45, 2.75) is 37.6 Å². The summed E-state index contributed by atoms with van der Waals surface area (Å²) < 4.78 is 38.7. The van der Waals surface area contributed by atoms with Crippen LogP contribution in [0.2, 0.25) is 0 Å². The molecule has 0 spiro atoms. The van der Waals surface area contributed by atoms with Crippen molar-refractivity contribution in [3.63, 3.8) is 0 Å². The number of halogens is 3. The Morgan fingerprint density at radius 2 is 1.91 bits per heavy atom. The first-order valence-electron chi connectivity index (χ1n) is 7.58. The lowest BCUT2D eigenvalue weighted by Crippen LogP contribution is -2.45. The molecular formula is C16H21F3N2O2. The molecule has 1 atom stereocenters. The third-order valence-corrected chi connectivity index (χ3v) is 4.28. The van der Waals surface area contributed by atoms with Crippen molar-refractivity contribution >= 4 is 5.91 Å². The topological polar surface area (TPSA) is 52.6 Å². The van der Waals surface area contributed by atoms with Crippen LogP contribution in [0, 0.1) is 0 Å². The maximum absolute atomic E-state index is 12.9. The summed E-state index contributed by atoms with van der Waals surface area (Å²) in [5.74, 6) is -0.179. The number of rotatable bonds is 3. The minimum absolute atomic E-state index is 0.179. The van der Waals surface area contributed by atoms with E-state index in [1.54, 1.807) is 31.3 Å². The third-order valence-electron chi connectivity index (χ3n) is 4.28. The van der Waals surface area contributed by atoms with Gasteiger partial charge in [0.05, 0.1) is 0 Å². The normalized spacial score (nSPS) is 23.3. The van der Waals surface area contributed by atoms with Gasteiger partial charge in [-0.25, -0.2) is 0 Å². The Kier molecular flexibility index (Phi) is 5.31. The average Bonchev–Trinajstić information content (AvgIpc) is 2.70. The molecule has 1 aliphatic heterocycles. The Bertz CT molecular complexity index is 545. The zero-order valence-electron chi connectivity index (χ0n) is 13.0. The molecule has 1 fully saturated rings. The minimum Gasteiger partial charge on any atom is -0.380 e. The monoisotopic (exact) mass is 330 g/mol. The van der Waals surface area contributed by atoms with Gasteiger partial charge < -0.3 is 10.4 Å². The van der Waals surface area contributed by atoms with Crippen LogP contribution in [0.1, 0.15) is 35.2 Å². The summed E-state index contributed by atoms with van der Waals surface area (Å²) in [6.07, 6.45) is -4.86. The molecule has 128 valence electrons. The summed E-state index contributed by atoms with van der Waals surface area (Å²) in [5, 5.41) is 12.3. The molecule has 23 heavy (non-hydrogen) atoms. The molecule has 2 rings (SSSR count). The van der Waals surface area contributed by atoms with Crippen LogP contribution < -0.4 is 5.32 Å². The van der Waals surface area contributed by atoms with E-state index >= 15 is 0 Å². The van der Waals surface area contributed by atoms with Crippen LogP contribution >= 0.6 is 0 Å². The molecule has 1 saturated heterocycles. The molecular weight excluding hydrogens is 309 g/mol. The SMILES string of the molecule is CNC(=O)c1ccc(CN2CCCC(O)(C(F)(F)F)CC2)cc1. The standard InChI is InChI=1S/C16H21F3N2O2/c1-20-14(22)13-5-3-12(4-6-13)11-21-9-2-7-15(23,8-10-21)16(17,18)19/h3-6,23H,2,7-11H2,1H3,(H,20,22). The lowest BCUT2D eigenvalue weighted by atomic mass is 9.94. The number of nitrogens with zero attached hydrogens (tertiary/aromatic N) is 1. The molecule has 0 radical (unpaired) electrons. The predicted octanol–water partition coefficient (Wildman–Crippen LogP) is 2.33. The molecule has 4 nitrogen and oxygen atoms in total. The Hall–Kier alpha value is -1.60. The number of likely N-dealkylation sites (tertiary alicyclic amines) is 1. The highest BCUT2D eigenvalue weighted by Crippen LogP contribution is 2.38. The maximum atomic E-state index is 12.9. The number of benzene rings is 1. The van der Waals surface area contributed by atoms with Gasteiger partial charge in [-0.05, 0) is 43.5 Å². The molecule has 1 aromatic carbocycles. The highest BCUT2D eigenvalue weighted by atomic mass is 19.4. The van der Waals surface area contributed by atoms with Gasteiger partial charge >= 0.3 is 6.18 Å². The molecule has 1 aromatic rings. The summed E-state index contributed by atoms with van der Waals surface area (Å²) in [4.78, 5) is 13.4. The molecule has 7 heteroatoms. The lowest BCUT2D eigenvalue weighted by Gasteiger charge is -2.29. The van der Waals surface area contributed by atoms with Crippen molar-refractivity contribution < 1.29 is 23.1 Å². The van der Waals surface area contributed by atoms with E-state index in [-0.39, 0.29) is 25.3 Å². The molecule has 2 N–H and O–H groups in total. The fourth-order valence-electron chi connectivity index (χ4n) is 2.78. The van der Waals surface area contributed by atoms with Crippen molar-refractivity contribution in [1.82, 2.24) is 10.2 Å². The van der Waals surface area contributed by atoms with Crippen LogP contribution in [0.25, 0.3) is 0 Å². The second-order valence-corrected chi connectivity index (χ2v) is 5.94. The number of hydrogen-bond acceptors (Lipinski definition) is 3. The minimum atomic E-state index is -4.59. The predicted molar refractivity (Wildman–Crippen MR) is 80.0 cm³/mol. The number of amides is 1. The van der Waals surface area contributed by atoms with Crippen LogP contribution in [-0.4, -0.2) is 47.8 Å². The Labute approximate surface area is 133 Å². The van der Waals surface area contributed by atoms with E-state index in [9.17, 15) is 23.1 Å². The first kappa shape index (κ1) is 17.7. The van der Waals surface area contributed by atoms with E-state index in [1.165, 1.54) is 0 Å². The molecule has 1 unspecified atom stereocenters. The van der Waals surface area contributed by atoms with Crippen molar-refractivity contribution in [1.29, 1.82) is 0 Å². The smallest absolute Gasteiger partial charge is 0.380 e. The first-order valence-corrected chi connectivity index (χ1v) is 7.58. The second-order valence-electron chi connectivity index (χ2n) is 5.94. The van der Waals surface area contributed by atoms with Crippen molar-refractivity contribution in [3.8, 4) is 0 Å². The van der Waals surface area contributed by atoms with Crippen molar-refractivity contribution in [2.24, 2.45) is 0 Å². The van der Waals surface area contributed by atoms with Gasteiger partial charge in [0.2, 0.25) is 0 Å². The maximum Gasteiger partial charge on any atom is 0.417 e. The summed E-state index contributed by atoms with van der Waals surface area (Å²) in [5.41, 5.74) is -1.11. The third kappa shape index (κ3) is 4.23. The molecule has 0 aromatic heterocycles. The van der Waals surface area contributed by atoms with Crippen LogP contribution in [0.4, 0.5) is 13.2 Å². The fourth-order valence-corrected chi connectivity index (χ4v) is 2.78. The summed E-state index contributed by atoms with van der Waals surface area (Å²) in [7, 11) is 1.55. The number of hydrogen-bond donors (Lipinski definition) is 2. The highest BCUT2D eigenvalue weighted by molar-refractivity contribution is 5.93. The zero-order valence-corrected chi connectivity index (χ0v) is 13.0. The van der Waals surface area contributed by atoms with Gasteiger partial charge in [-0.1, -0.05) is 12.1 Å². The van der Waals surface area contributed by atoms with Gasteiger partial charge in [0.25, 0.3) is 5.91 Å². The quantitative estimate of drug-likeness (QED) is 0.894. The van der Waals surface area contributed by atoms with Gasteiger partial charge in [0.15, 0.2) is 5.60 Å². The average molecular weight is 330 g/mol. The highest BCUT2D eigenvalue weighted by Gasteiger charge is 2.53. The molecule has 0 aliphatic carbocycles. The lowest BCUT2D eigenvalue weighted by molar-refractivity contribution is -0.263. The first-order chi connectivity index (χ1) is 10.7. The Balaban J connectivity index is 1.98. The van der Waals surface area contributed by atoms with E-state index in [0.717, 1.165) is 5.56 Å².